The molecule has 1 fully saturated rings. The van der Waals surface area contributed by atoms with Gasteiger partial charge in [-0.3, -0.25) is 0 Å². The maximum Gasteiger partial charge on any atom is 0.240 e. The van der Waals surface area contributed by atoms with Gasteiger partial charge in [0.05, 0.1) is 4.90 Å². The number of nitrogens with two attached hydrogens (primary N) is 1. The first kappa shape index (κ1) is 14.7. The van der Waals surface area contributed by atoms with Gasteiger partial charge in [0.2, 0.25) is 10.0 Å². The lowest BCUT2D eigenvalue weighted by Gasteiger charge is -2.26. The Morgan fingerprint density at radius 2 is 2.05 bits per heavy atom. The molecule has 1 aromatic rings. The summed E-state index contributed by atoms with van der Waals surface area (Å²) in [5.74, 6) is 0. The van der Waals surface area contributed by atoms with Crippen LogP contribution in [-0.4, -0.2) is 26.0 Å². The Morgan fingerprint density at radius 1 is 1.37 bits per heavy atom. The number of thioether (sulfide) groups is 1. The Labute approximate surface area is 119 Å². The molecule has 1 aromatic carbocycles. The van der Waals surface area contributed by atoms with Crippen molar-refractivity contribution in [3.05, 3.63) is 24.3 Å². The summed E-state index contributed by atoms with van der Waals surface area (Å²) in [6.07, 6.45) is 6.57. The molecule has 0 saturated heterocycles. The topological polar surface area (TPSA) is 72.2 Å². The Kier molecular flexibility index (Phi) is 4.43. The molecule has 0 radical (unpaired) electrons. The van der Waals surface area contributed by atoms with Gasteiger partial charge in [-0.25, -0.2) is 13.1 Å². The van der Waals surface area contributed by atoms with Crippen LogP contribution in [0.15, 0.2) is 29.2 Å². The van der Waals surface area contributed by atoms with Crippen LogP contribution in [0.5, 0.6) is 0 Å². The van der Waals surface area contributed by atoms with Gasteiger partial charge in [0.15, 0.2) is 0 Å². The van der Waals surface area contributed by atoms with Crippen LogP contribution in [0.4, 0.5) is 5.69 Å². The summed E-state index contributed by atoms with van der Waals surface area (Å²) in [4.78, 5) is 0.238. The van der Waals surface area contributed by atoms with Crippen LogP contribution in [0, 0.1) is 0 Å². The molecule has 0 aliphatic heterocycles. The van der Waals surface area contributed by atoms with E-state index in [4.69, 9.17) is 5.73 Å². The second kappa shape index (κ2) is 5.73. The van der Waals surface area contributed by atoms with E-state index in [1.54, 1.807) is 30.0 Å². The van der Waals surface area contributed by atoms with Crippen molar-refractivity contribution >= 4 is 27.5 Å². The summed E-state index contributed by atoms with van der Waals surface area (Å²) >= 11 is 1.77. The van der Waals surface area contributed by atoms with Crippen molar-refractivity contribution in [3.8, 4) is 0 Å². The summed E-state index contributed by atoms with van der Waals surface area (Å²) < 4.78 is 27.2. The number of hydrogen-bond donors (Lipinski definition) is 2. The summed E-state index contributed by atoms with van der Waals surface area (Å²) in [7, 11) is -3.46. The molecule has 1 aliphatic rings. The van der Waals surface area contributed by atoms with E-state index >= 15 is 0 Å². The predicted octanol–water partition coefficient (Wildman–Crippen LogP) is 2.22. The van der Waals surface area contributed by atoms with E-state index < -0.39 is 10.0 Å². The van der Waals surface area contributed by atoms with Gasteiger partial charge in [-0.2, -0.15) is 11.8 Å². The first-order valence-corrected chi connectivity index (χ1v) is 9.09. The fraction of sp³-hybridized carbons (Fsp3) is 0.538. The number of rotatable bonds is 5. The zero-order valence-electron chi connectivity index (χ0n) is 11.1. The second-order valence-corrected chi connectivity index (χ2v) is 8.03. The zero-order valence-corrected chi connectivity index (χ0v) is 12.7. The minimum absolute atomic E-state index is 0.0629. The highest BCUT2D eigenvalue weighted by Crippen LogP contribution is 2.39. The molecular formula is C13H20N2O2S2. The zero-order chi connectivity index (χ0) is 13.9. The van der Waals surface area contributed by atoms with E-state index in [1.807, 2.05) is 0 Å². The van der Waals surface area contributed by atoms with Crippen LogP contribution >= 0.6 is 11.8 Å². The van der Waals surface area contributed by atoms with Crippen molar-refractivity contribution in [1.82, 2.24) is 4.72 Å². The van der Waals surface area contributed by atoms with Gasteiger partial charge < -0.3 is 5.73 Å². The summed E-state index contributed by atoms with van der Waals surface area (Å²) in [5.41, 5.74) is 6.09. The molecule has 4 nitrogen and oxygen atoms in total. The fourth-order valence-corrected chi connectivity index (χ4v) is 4.65. The van der Waals surface area contributed by atoms with Crippen molar-refractivity contribution in [2.24, 2.45) is 0 Å². The minimum Gasteiger partial charge on any atom is -0.399 e. The first-order chi connectivity index (χ1) is 8.97. The van der Waals surface area contributed by atoms with Crippen molar-refractivity contribution in [1.29, 1.82) is 0 Å². The average molecular weight is 300 g/mol. The third-order valence-electron chi connectivity index (χ3n) is 3.70. The molecule has 0 heterocycles. The van der Waals surface area contributed by atoms with E-state index in [9.17, 15) is 8.42 Å². The summed E-state index contributed by atoms with van der Waals surface area (Å²) in [5, 5.41) is 0. The van der Waals surface area contributed by atoms with Gasteiger partial charge in [0, 0.05) is 17.0 Å². The van der Waals surface area contributed by atoms with Crippen LogP contribution in [0.25, 0.3) is 0 Å². The van der Waals surface area contributed by atoms with E-state index in [0.717, 1.165) is 12.8 Å². The minimum atomic E-state index is -3.46. The molecule has 2 rings (SSSR count). The van der Waals surface area contributed by atoms with E-state index in [0.29, 0.717) is 12.2 Å². The van der Waals surface area contributed by atoms with Crippen LogP contribution in [0.1, 0.15) is 25.7 Å². The average Bonchev–Trinajstić information content (AvgIpc) is 2.86. The quantitative estimate of drug-likeness (QED) is 0.818. The number of nitrogen functional groups attached to an aromatic ring is 1. The second-order valence-electron chi connectivity index (χ2n) is 4.99. The Hall–Kier alpha value is -0.720. The number of anilines is 1. The standard InChI is InChI=1S/C13H20N2O2S2/c1-18-13(7-2-3-8-13)10-15-19(16,17)12-6-4-5-11(14)9-12/h4-6,9,15H,2-3,7-8,10,14H2,1H3. The monoisotopic (exact) mass is 300 g/mol. The molecule has 6 heteroatoms. The Balaban J connectivity index is 2.09. The lowest BCUT2D eigenvalue weighted by Crippen LogP contribution is -2.38. The molecule has 0 bridgehead atoms. The van der Waals surface area contributed by atoms with Crippen molar-refractivity contribution in [3.63, 3.8) is 0 Å². The molecule has 0 amide bonds. The molecular weight excluding hydrogens is 280 g/mol. The molecule has 1 aliphatic carbocycles. The Bertz CT molecular complexity index is 537. The van der Waals surface area contributed by atoms with E-state index in [-0.39, 0.29) is 9.64 Å². The highest BCUT2D eigenvalue weighted by molar-refractivity contribution is 8.00. The predicted molar refractivity (Wildman–Crippen MR) is 80.8 cm³/mol. The maximum absolute atomic E-state index is 12.2. The maximum atomic E-state index is 12.2. The van der Waals surface area contributed by atoms with Gasteiger partial charge in [-0.15, -0.1) is 0 Å². The van der Waals surface area contributed by atoms with E-state index in [1.165, 1.54) is 18.9 Å². The van der Waals surface area contributed by atoms with Gasteiger partial charge in [-0.05, 0) is 37.3 Å². The molecule has 0 unspecified atom stereocenters. The molecule has 3 N–H and O–H groups in total. The lowest BCUT2D eigenvalue weighted by molar-refractivity contribution is 0.551. The Morgan fingerprint density at radius 3 is 2.63 bits per heavy atom. The number of sulfonamides is 1. The van der Waals surface area contributed by atoms with Crippen molar-refractivity contribution in [2.75, 3.05) is 18.5 Å². The number of benzene rings is 1. The smallest absolute Gasteiger partial charge is 0.240 e. The van der Waals surface area contributed by atoms with Crippen LogP contribution in [0.3, 0.4) is 0 Å². The van der Waals surface area contributed by atoms with Crippen molar-refractivity contribution < 1.29 is 8.42 Å². The summed E-state index contributed by atoms with van der Waals surface area (Å²) in [6, 6.07) is 6.39. The van der Waals surface area contributed by atoms with Crippen LogP contribution in [0.2, 0.25) is 0 Å². The number of hydrogen-bond acceptors (Lipinski definition) is 4. The normalized spacial score (nSPS) is 18.6. The highest BCUT2D eigenvalue weighted by atomic mass is 32.2. The molecule has 19 heavy (non-hydrogen) atoms. The van der Waals surface area contributed by atoms with Gasteiger partial charge in [-0.1, -0.05) is 18.9 Å². The van der Waals surface area contributed by atoms with Gasteiger partial charge >= 0.3 is 0 Å². The lowest BCUT2D eigenvalue weighted by atomic mass is 10.1. The van der Waals surface area contributed by atoms with Gasteiger partial charge in [0.25, 0.3) is 0 Å². The molecule has 0 atom stereocenters. The largest absolute Gasteiger partial charge is 0.399 e. The third kappa shape index (κ3) is 3.43. The molecule has 1 saturated carbocycles. The van der Waals surface area contributed by atoms with E-state index in [2.05, 4.69) is 11.0 Å². The third-order valence-corrected chi connectivity index (χ3v) is 6.52. The van der Waals surface area contributed by atoms with Crippen LogP contribution in [-0.2, 0) is 10.0 Å². The SMILES string of the molecule is CSC1(CNS(=O)(=O)c2cccc(N)c2)CCCC1. The van der Waals surface area contributed by atoms with Gasteiger partial charge in [0.1, 0.15) is 0 Å². The molecule has 0 spiro atoms. The highest BCUT2D eigenvalue weighted by Gasteiger charge is 2.34. The van der Waals surface area contributed by atoms with Crippen molar-refractivity contribution in [2.45, 2.75) is 35.3 Å². The first-order valence-electron chi connectivity index (χ1n) is 6.38. The molecule has 0 aromatic heterocycles. The van der Waals surface area contributed by atoms with Crippen LogP contribution < -0.4 is 10.5 Å². The fourth-order valence-electron chi connectivity index (χ4n) is 2.46. The number of nitrogens with one attached hydrogen (secondary N) is 1. The molecule has 106 valence electrons. The summed E-state index contributed by atoms with van der Waals surface area (Å²) in [6.45, 7) is 0.491.